The minimum absolute atomic E-state index is 0. The number of carbonyl (C=O) groups excluding carboxylic acids is 2. The SMILES string of the molecule is O.O=C([O-])CS.O=C([O-])CS.[Li+].[Li+]. The zero-order valence-corrected chi connectivity index (χ0v) is 9.23. The fourth-order valence-corrected chi connectivity index (χ4v) is 0. The molecule has 9 heteroatoms. The molecule has 0 rings (SSSR count). The van der Waals surface area contributed by atoms with Crippen molar-refractivity contribution in [3.8, 4) is 0 Å². The quantitative estimate of drug-likeness (QED) is 0.351. The minimum Gasteiger partial charge on any atom is -0.549 e. The van der Waals surface area contributed by atoms with Crippen LogP contribution in [-0.4, -0.2) is 28.9 Å². The van der Waals surface area contributed by atoms with E-state index in [9.17, 15) is 19.8 Å². The molecule has 0 heterocycles. The zero-order valence-electron chi connectivity index (χ0n) is 7.44. The van der Waals surface area contributed by atoms with E-state index in [1.165, 1.54) is 0 Å². The molecule has 0 atom stereocenters. The van der Waals surface area contributed by atoms with Gasteiger partial charge < -0.3 is 25.3 Å². The summed E-state index contributed by atoms with van der Waals surface area (Å²) in [6.45, 7) is 0. The summed E-state index contributed by atoms with van der Waals surface area (Å²) in [5.41, 5.74) is 0. The molecule has 0 unspecified atom stereocenters. The maximum absolute atomic E-state index is 9.18. The number of thiol groups is 2. The van der Waals surface area contributed by atoms with E-state index in [1.54, 1.807) is 0 Å². The van der Waals surface area contributed by atoms with Gasteiger partial charge in [0.15, 0.2) is 0 Å². The molecule has 0 aliphatic heterocycles. The van der Waals surface area contributed by atoms with Crippen molar-refractivity contribution in [2.45, 2.75) is 0 Å². The van der Waals surface area contributed by atoms with Crippen molar-refractivity contribution in [2.24, 2.45) is 0 Å². The van der Waals surface area contributed by atoms with Gasteiger partial charge in [-0.3, -0.25) is 0 Å². The molecule has 0 saturated heterocycles. The number of carboxylic acids is 2. The van der Waals surface area contributed by atoms with Gasteiger partial charge in [0.25, 0.3) is 0 Å². The van der Waals surface area contributed by atoms with Gasteiger partial charge in [0.1, 0.15) is 0 Å². The molecule has 0 aromatic carbocycles. The Balaban J connectivity index is -0.0000000267. The van der Waals surface area contributed by atoms with Crippen molar-refractivity contribution >= 4 is 37.2 Å². The van der Waals surface area contributed by atoms with Crippen LogP contribution in [0.2, 0.25) is 0 Å². The van der Waals surface area contributed by atoms with E-state index in [0.717, 1.165) is 0 Å². The molecule has 0 aliphatic carbocycles. The standard InChI is InChI=1S/2C2H4O2S.2Li.H2O/c2*3-2(4)1-5;;;/h2*5H,1H2,(H,3,4);;;1H2/q;;2*+1;/p-2. The van der Waals surface area contributed by atoms with Crippen LogP contribution >= 0.6 is 25.3 Å². The molecule has 0 aromatic rings. The predicted octanol–water partition coefficient (Wildman–Crippen LogP) is -9.48. The number of hydrogen-bond donors (Lipinski definition) is 2. The van der Waals surface area contributed by atoms with E-state index in [2.05, 4.69) is 25.3 Å². The summed E-state index contributed by atoms with van der Waals surface area (Å²) in [5.74, 6) is -2.65. The Bertz CT molecular complexity index is 109. The molecule has 13 heavy (non-hydrogen) atoms. The second kappa shape index (κ2) is 23.0. The van der Waals surface area contributed by atoms with E-state index in [0.29, 0.717) is 0 Å². The number of hydrogen-bond acceptors (Lipinski definition) is 6. The third-order valence-corrected chi connectivity index (χ3v) is 0.775. The van der Waals surface area contributed by atoms with Crippen LogP contribution in [0.1, 0.15) is 0 Å². The van der Waals surface area contributed by atoms with E-state index in [4.69, 9.17) is 0 Å². The number of rotatable bonds is 2. The summed E-state index contributed by atoms with van der Waals surface area (Å²) in [7, 11) is 0. The molecule has 0 radical (unpaired) electrons. The van der Waals surface area contributed by atoms with Crippen LogP contribution in [0.15, 0.2) is 0 Å². The molecule has 0 aliphatic rings. The Labute approximate surface area is 111 Å². The molecule has 0 fully saturated rings. The van der Waals surface area contributed by atoms with Crippen molar-refractivity contribution < 1.29 is 63.0 Å². The predicted molar refractivity (Wildman–Crippen MR) is 41.3 cm³/mol. The monoisotopic (exact) mass is 214 g/mol. The maximum atomic E-state index is 9.18. The van der Waals surface area contributed by atoms with Crippen LogP contribution < -0.4 is 47.9 Å². The van der Waals surface area contributed by atoms with Gasteiger partial charge in [0.2, 0.25) is 0 Å². The normalized spacial score (nSPS) is 5.69. The summed E-state index contributed by atoms with van der Waals surface area (Å²) < 4.78 is 0. The Hall–Kier alpha value is 0.795. The summed E-state index contributed by atoms with van der Waals surface area (Å²) in [5, 5.41) is 18.4. The first-order valence-electron chi connectivity index (χ1n) is 2.16. The first-order valence-corrected chi connectivity index (χ1v) is 3.42. The molecule has 0 amide bonds. The first kappa shape index (κ1) is 29.2. The molecule has 5 nitrogen and oxygen atoms in total. The van der Waals surface area contributed by atoms with Crippen LogP contribution in [-0.2, 0) is 9.59 Å². The first-order chi connectivity index (χ1) is 4.54. The van der Waals surface area contributed by atoms with Gasteiger partial charge in [-0.05, 0) is 0 Å². The van der Waals surface area contributed by atoms with E-state index in [1.807, 2.05) is 0 Å². The molecule has 0 aromatic heterocycles. The average Bonchev–Trinajstić information content (AvgIpc) is 1.89. The van der Waals surface area contributed by atoms with Gasteiger partial charge >= 0.3 is 37.7 Å². The van der Waals surface area contributed by atoms with Gasteiger partial charge in [0, 0.05) is 11.5 Å². The summed E-state index contributed by atoms with van der Waals surface area (Å²) >= 11 is 6.71. The van der Waals surface area contributed by atoms with Gasteiger partial charge in [-0.1, -0.05) is 0 Å². The molecule has 2 N–H and O–H groups in total. The van der Waals surface area contributed by atoms with E-state index in [-0.39, 0.29) is 54.7 Å². The van der Waals surface area contributed by atoms with Crippen LogP contribution in [0.3, 0.4) is 0 Å². The van der Waals surface area contributed by atoms with Crippen LogP contribution in [0.5, 0.6) is 0 Å². The minimum atomic E-state index is -1.13. The number of carbonyl (C=O) groups is 2. The van der Waals surface area contributed by atoms with Crippen molar-refractivity contribution in [1.82, 2.24) is 0 Å². The van der Waals surface area contributed by atoms with E-state index >= 15 is 0 Å². The number of aliphatic carboxylic acids is 2. The van der Waals surface area contributed by atoms with Crippen LogP contribution in [0.25, 0.3) is 0 Å². The molecule has 68 valence electrons. The Morgan fingerprint density at radius 2 is 1.00 bits per heavy atom. The third-order valence-electron chi connectivity index (χ3n) is 0.258. The van der Waals surface area contributed by atoms with Gasteiger partial charge in [-0.25, -0.2) is 0 Å². The smallest absolute Gasteiger partial charge is 0.549 e. The van der Waals surface area contributed by atoms with Crippen molar-refractivity contribution in [3.05, 3.63) is 0 Å². The van der Waals surface area contributed by atoms with Gasteiger partial charge in [-0.2, -0.15) is 25.3 Å². The number of carboxylic acid groups (broad SMARTS) is 2. The molecule has 0 saturated carbocycles. The van der Waals surface area contributed by atoms with E-state index < -0.39 is 11.9 Å². The van der Waals surface area contributed by atoms with Crippen LogP contribution in [0, 0.1) is 0 Å². The molecule has 0 bridgehead atoms. The van der Waals surface area contributed by atoms with Gasteiger partial charge in [-0.15, -0.1) is 0 Å². The summed E-state index contributed by atoms with van der Waals surface area (Å²) in [6.07, 6.45) is 0. The Kier molecular flexibility index (Phi) is 51.7. The summed E-state index contributed by atoms with van der Waals surface area (Å²) in [4.78, 5) is 18.4. The van der Waals surface area contributed by atoms with Crippen LogP contribution in [0.4, 0.5) is 0 Å². The maximum Gasteiger partial charge on any atom is 1.00 e. The molecule has 0 spiro atoms. The van der Waals surface area contributed by atoms with Gasteiger partial charge in [0.05, 0.1) is 11.9 Å². The average molecular weight is 214 g/mol. The third kappa shape index (κ3) is 64.9. The van der Waals surface area contributed by atoms with Crippen molar-refractivity contribution in [3.63, 3.8) is 0 Å². The largest absolute Gasteiger partial charge is 1.00 e. The van der Waals surface area contributed by atoms with Crippen molar-refractivity contribution in [1.29, 1.82) is 0 Å². The second-order valence-corrected chi connectivity index (χ2v) is 1.69. The molecular weight excluding hydrogens is 206 g/mol. The zero-order chi connectivity index (χ0) is 8.57. The Morgan fingerprint density at radius 1 is 0.923 bits per heavy atom. The topological polar surface area (TPSA) is 112 Å². The van der Waals surface area contributed by atoms with Crippen molar-refractivity contribution in [2.75, 3.05) is 11.5 Å². The summed E-state index contributed by atoms with van der Waals surface area (Å²) in [6, 6.07) is 0. The molecular formula is C4H8Li2O5S2. The fraction of sp³-hybridized carbons (Fsp3) is 0.500. The second-order valence-electron chi connectivity index (χ2n) is 1.06. The fourth-order valence-electron chi connectivity index (χ4n) is 0. The Morgan fingerprint density at radius 3 is 1.00 bits per heavy atom.